The van der Waals surface area contributed by atoms with Crippen molar-refractivity contribution >= 4 is 34.6 Å². The standard InChI is InChI=1S/C15H20N4O2S/c20-14-11-19(13-4-2-1-3-12(13)17-14)15(22)16-5-6-18-7-9-21-10-8-18/h1-4H,5-11H2,(H,16,22)(H,17,20)/p+1. The molecule has 2 heterocycles. The van der Waals surface area contributed by atoms with E-state index in [0.717, 1.165) is 50.8 Å². The highest BCUT2D eigenvalue weighted by molar-refractivity contribution is 7.80. The van der Waals surface area contributed by atoms with Crippen LogP contribution in [-0.2, 0) is 9.53 Å². The molecule has 1 aromatic carbocycles. The fourth-order valence-electron chi connectivity index (χ4n) is 2.77. The lowest BCUT2D eigenvalue weighted by Crippen LogP contribution is -3.14. The number of quaternary nitrogens is 1. The van der Waals surface area contributed by atoms with Gasteiger partial charge < -0.3 is 25.2 Å². The first-order valence-corrected chi connectivity index (χ1v) is 8.00. The van der Waals surface area contributed by atoms with Gasteiger partial charge in [0, 0.05) is 0 Å². The second-order valence-corrected chi connectivity index (χ2v) is 5.88. The van der Waals surface area contributed by atoms with Gasteiger partial charge in [-0.25, -0.2) is 0 Å². The smallest absolute Gasteiger partial charge is 0.244 e. The molecule has 3 rings (SSSR count). The number of thiocarbonyl (C=S) groups is 1. The number of para-hydroxylation sites is 2. The number of carbonyl (C=O) groups is 1. The number of nitrogens with zero attached hydrogens (tertiary/aromatic N) is 1. The van der Waals surface area contributed by atoms with Crippen LogP contribution in [0, 0.1) is 0 Å². The number of carbonyl (C=O) groups excluding carboxylic acids is 1. The number of hydrogen-bond acceptors (Lipinski definition) is 3. The van der Waals surface area contributed by atoms with Crippen LogP contribution in [0.25, 0.3) is 0 Å². The lowest BCUT2D eigenvalue weighted by atomic mass is 10.2. The summed E-state index contributed by atoms with van der Waals surface area (Å²) in [5, 5.41) is 6.75. The summed E-state index contributed by atoms with van der Waals surface area (Å²) in [6, 6.07) is 7.71. The number of rotatable bonds is 3. The molecule has 1 fully saturated rings. The minimum absolute atomic E-state index is 0.0401. The molecule has 1 amide bonds. The van der Waals surface area contributed by atoms with Gasteiger partial charge in [0.05, 0.1) is 37.7 Å². The van der Waals surface area contributed by atoms with Crippen molar-refractivity contribution in [3.8, 4) is 0 Å². The Bertz CT molecular complexity index is 560. The van der Waals surface area contributed by atoms with Crippen molar-refractivity contribution in [3.63, 3.8) is 0 Å². The molecule has 0 saturated carbocycles. The largest absolute Gasteiger partial charge is 0.370 e. The molecule has 6 nitrogen and oxygen atoms in total. The fourth-order valence-corrected chi connectivity index (χ4v) is 3.03. The summed E-state index contributed by atoms with van der Waals surface area (Å²) in [6.45, 7) is 5.82. The van der Waals surface area contributed by atoms with Gasteiger partial charge in [-0.2, -0.15) is 0 Å². The fraction of sp³-hybridized carbons (Fsp3) is 0.467. The molecule has 2 aliphatic rings. The summed E-state index contributed by atoms with van der Waals surface area (Å²) in [5.41, 5.74) is 1.75. The topological polar surface area (TPSA) is 58.0 Å². The van der Waals surface area contributed by atoms with Crippen LogP contribution in [-0.4, -0.2) is 57.0 Å². The van der Waals surface area contributed by atoms with Gasteiger partial charge in [-0.3, -0.25) is 4.79 Å². The molecular formula is C15H21N4O2S+. The minimum Gasteiger partial charge on any atom is -0.370 e. The van der Waals surface area contributed by atoms with Crippen LogP contribution >= 0.6 is 12.2 Å². The Kier molecular flexibility index (Phi) is 4.87. The van der Waals surface area contributed by atoms with E-state index in [1.807, 2.05) is 29.2 Å². The number of hydrogen-bond donors (Lipinski definition) is 3. The van der Waals surface area contributed by atoms with Gasteiger partial charge in [0.15, 0.2) is 5.11 Å². The van der Waals surface area contributed by atoms with E-state index < -0.39 is 0 Å². The predicted octanol–water partition coefficient (Wildman–Crippen LogP) is -0.765. The highest BCUT2D eigenvalue weighted by Crippen LogP contribution is 2.28. The van der Waals surface area contributed by atoms with Gasteiger partial charge in [-0.1, -0.05) is 12.1 Å². The summed E-state index contributed by atoms with van der Waals surface area (Å²) in [4.78, 5) is 15.2. The lowest BCUT2D eigenvalue weighted by Gasteiger charge is -2.31. The highest BCUT2D eigenvalue weighted by Gasteiger charge is 2.24. The molecule has 1 saturated heterocycles. The number of anilines is 2. The molecular weight excluding hydrogens is 300 g/mol. The first-order valence-electron chi connectivity index (χ1n) is 7.59. The van der Waals surface area contributed by atoms with Crippen LogP contribution in [0.4, 0.5) is 11.4 Å². The lowest BCUT2D eigenvalue weighted by molar-refractivity contribution is -0.906. The van der Waals surface area contributed by atoms with Crippen LogP contribution in [0.1, 0.15) is 0 Å². The minimum atomic E-state index is -0.0401. The number of amides is 1. The van der Waals surface area contributed by atoms with E-state index in [1.165, 1.54) is 4.90 Å². The average Bonchev–Trinajstić information content (AvgIpc) is 2.55. The summed E-state index contributed by atoms with van der Waals surface area (Å²) in [6.07, 6.45) is 0. The van der Waals surface area contributed by atoms with Crippen molar-refractivity contribution in [1.29, 1.82) is 0 Å². The molecule has 22 heavy (non-hydrogen) atoms. The Labute approximate surface area is 135 Å². The van der Waals surface area contributed by atoms with Crippen molar-refractivity contribution in [3.05, 3.63) is 24.3 Å². The zero-order chi connectivity index (χ0) is 15.4. The second kappa shape index (κ2) is 7.04. The number of nitrogens with one attached hydrogen (secondary N) is 3. The number of ether oxygens (including phenoxy) is 1. The third-order valence-corrected chi connectivity index (χ3v) is 4.34. The second-order valence-electron chi connectivity index (χ2n) is 5.50. The van der Waals surface area contributed by atoms with Gasteiger partial charge in [0.2, 0.25) is 5.91 Å². The van der Waals surface area contributed by atoms with Gasteiger partial charge in [-0.05, 0) is 24.4 Å². The monoisotopic (exact) mass is 321 g/mol. The third-order valence-electron chi connectivity index (χ3n) is 3.97. The van der Waals surface area contributed by atoms with Crippen molar-refractivity contribution < 1.29 is 14.4 Å². The van der Waals surface area contributed by atoms with E-state index in [9.17, 15) is 4.79 Å². The maximum atomic E-state index is 11.8. The molecule has 118 valence electrons. The molecule has 0 unspecified atom stereocenters. The van der Waals surface area contributed by atoms with E-state index >= 15 is 0 Å². The highest BCUT2D eigenvalue weighted by atomic mass is 32.1. The van der Waals surface area contributed by atoms with Crippen LogP contribution < -0.4 is 20.4 Å². The zero-order valence-corrected chi connectivity index (χ0v) is 13.2. The zero-order valence-electron chi connectivity index (χ0n) is 12.4. The molecule has 0 radical (unpaired) electrons. The van der Waals surface area contributed by atoms with Gasteiger partial charge in [-0.15, -0.1) is 0 Å². The van der Waals surface area contributed by atoms with E-state index in [4.69, 9.17) is 17.0 Å². The summed E-state index contributed by atoms with van der Waals surface area (Å²) < 4.78 is 5.35. The molecule has 0 aromatic heterocycles. The van der Waals surface area contributed by atoms with Crippen LogP contribution in [0.5, 0.6) is 0 Å². The summed E-state index contributed by atoms with van der Waals surface area (Å²) >= 11 is 5.47. The molecule has 0 atom stereocenters. The quantitative estimate of drug-likeness (QED) is 0.639. The van der Waals surface area contributed by atoms with Gasteiger partial charge in [0.1, 0.15) is 19.6 Å². The molecule has 0 spiro atoms. The maximum absolute atomic E-state index is 11.8. The number of fused-ring (bicyclic) bond motifs is 1. The van der Waals surface area contributed by atoms with E-state index in [-0.39, 0.29) is 12.5 Å². The Morgan fingerprint density at radius 3 is 2.95 bits per heavy atom. The number of benzene rings is 1. The predicted molar refractivity (Wildman–Crippen MR) is 89.4 cm³/mol. The normalized spacial score (nSPS) is 18.5. The maximum Gasteiger partial charge on any atom is 0.244 e. The van der Waals surface area contributed by atoms with Crippen molar-refractivity contribution in [2.45, 2.75) is 0 Å². The first kappa shape index (κ1) is 15.2. The molecule has 0 aliphatic carbocycles. The Balaban J connectivity index is 1.56. The Morgan fingerprint density at radius 1 is 1.36 bits per heavy atom. The first-order chi connectivity index (χ1) is 10.7. The van der Waals surface area contributed by atoms with Crippen molar-refractivity contribution in [2.24, 2.45) is 0 Å². The summed E-state index contributed by atoms with van der Waals surface area (Å²) in [7, 11) is 0. The molecule has 2 aliphatic heterocycles. The van der Waals surface area contributed by atoms with Crippen molar-refractivity contribution in [1.82, 2.24) is 5.32 Å². The average molecular weight is 321 g/mol. The third kappa shape index (κ3) is 3.55. The SMILES string of the molecule is O=C1CN(C(=S)NCC[NH+]2CCOCC2)c2ccccc2N1. The molecule has 7 heteroatoms. The Hall–Kier alpha value is -1.70. The van der Waals surface area contributed by atoms with Crippen molar-refractivity contribution in [2.75, 3.05) is 56.2 Å². The van der Waals surface area contributed by atoms with E-state index in [0.29, 0.717) is 5.11 Å². The van der Waals surface area contributed by atoms with Crippen LogP contribution in [0.3, 0.4) is 0 Å². The number of morpholine rings is 1. The molecule has 0 bridgehead atoms. The summed E-state index contributed by atoms with van der Waals surface area (Å²) in [5.74, 6) is -0.0401. The molecule has 1 aromatic rings. The van der Waals surface area contributed by atoms with Crippen LogP contribution in [0.2, 0.25) is 0 Å². The Morgan fingerprint density at radius 2 is 2.14 bits per heavy atom. The molecule has 3 N–H and O–H groups in total. The van der Waals surface area contributed by atoms with Gasteiger partial charge in [0.25, 0.3) is 0 Å². The van der Waals surface area contributed by atoms with Crippen LogP contribution in [0.15, 0.2) is 24.3 Å². The van der Waals surface area contributed by atoms with Gasteiger partial charge >= 0.3 is 0 Å². The van der Waals surface area contributed by atoms with E-state index in [2.05, 4.69) is 10.6 Å². The van der Waals surface area contributed by atoms with E-state index in [1.54, 1.807) is 0 Å².